The van der Waals surface area contributed by atoms with Crippen LogP contribution in [0, 0.1) is 0 Å². The number of amides is 1. The lowest BCUT2D eigenvalue weighted by molar-refractivity contribution is -0.140. The molecule has 0 fully saturated rings. The van der Waals surface area contributed by atoms with Crippen LogP contribution >= 0.6 is 43.2 Å². The van der Waals surface area contributed by atoms with Crippen molar-refractivity contribution >= 4 is 49.1 Å². The highest BCUT2D eigenvalue weighted by atomic mass is 79.9. The predicted molar refractivity (Wildman–Crippen MR) is 67.4 cm³/mol. The van der Waals surface area contributed by atoms with Gasteiger partial charge in [-0.2, -0.15) is 13.2 Å². The molecule has 2 nitrogen and oxygen atoms in total. The second-order valence-electron chi connectivity index (χ2n) is 3.17. The highest BCUT2D eigenvalue weighted by Gasteiger charge is 2.33. The van der Waals surface area contributed by atoms with Crippen LogP contribution in [0.15, 0.2) is 14.3 Å². The minimum Gasteiger partial charge on any atom is -0.329 e. The summed E-state index contributed by atoms with van der Waals surface area (Å²) in [7, 11) is 0. The van der Waals surface area contributed by atoms with E-state index >= 15 is 0 Å². The van der Waals surface area contributed by atoms with E-state index in [2.05, 4.69) is 31.9 Å². The van der Waals surface area contributed by atoms with Crippen molar-refractivity contribution in [3.05, 3.63) is 19.2 Å². The molecular weight excluding hydrogens is 387 g/mol. The van der Waals surface area contributed by atoms with Crippen LogP contribution in [0.3, 0.4) is 0 Å². The molecule has 1 amide bonds. The quantitative estimate of drug-likeness (QED) is 0.748. The van der Waals surface area contributed by atoms with Crippen molar-refractivity contribution in [2.24, 2.45) is 0 Å². The third-order valence-corrected chi connectivity index (χ3v) is 5.14. The van der Waals surface area contributed by atoms with E-state index in [1.165, 1.54) is 13.0 Å². The third-order valence-electron chi connectivity index (χ3n) is 1.90. The Bertz CT molecular complexity index is 399. The summed E-state index contributed by atoms with van der Waals surface area (Å²) in [5, 5.41) is 0. The number of hydrogen-bond donors (Lipinski definition) is 0. The number of thiophene rings is 1. The van der Waals surface area contributed by atoms with Crippen LogP contribution in [-0.4, -0.2) is 30.1 Å². The molecular formula is C9H8Br2F3NOS. The van der Waals surface area contributed by atoms with Crippen molar-refractivity contribution in [2.75, 3.05) is 13.1 Å². The van der Waals surface area contributed by atoms with Crippen molar-refractivity contribution in [2.45, 2.75) is 13.1 Å². The van der Waals surface area contributed by atoms with Gasteiger partial charge in [0, 0.05) is 11.0 Å². The maximum absolute atomic E-state index is 12.2. The molecule has 0 saturated heterocycles. The largest absolute Gasteiger partial charge is 0.406 e. The van der Waals surface area contributed by atoms with Gasteiger partial charge in [0.2, 0.25) is 0 Å². The van der Waals surface area contributed by atoms with Gasteiger partial charge in [0.05, 0.1) is 8.66 Å². The molecule has 8 heteroatoms. The fraction of sp³-hybridized carbons (Fsp3) is 0.444. The maximum Gasteiger partial charge on any atom is 0.406 e. The van der Waals surface area contributed by atoms with E-state index in [0.29, 0.717) is 8.26 Å². The Morgan fingerprint density at radius 2 is 2.06 bits per heavy atom. The molecule has 0 saturated carbocycles. The molecule has 17 heavy (non-hydrogen) atoms. The molecule has 0 aromatic carbocycles. The average Bonchev–Trinajstić information content (AvgIpc) is 2.53. The zero-order chi connectivity index (χ0) is 13.2. The van der Waals surface area contributed by atoms with Crippen LogP contribution in [0.4, 0.5) is 13.2 Å². The zero-order valence-electron chi connectivity index (χ0n) is 8.65. The number of hydrogen-bond acceptors (Lipinski definition) is 2. The summed E-state index contributed by atoms with van der Waals surface area (Å²) in [6.07, 6.45) is -4.38. The monoisotopic (exact) mass is 393 g/mol. The number of halogens is 5. The second kappa shape index (κ2) is 5.71. The summed E-state index contributed by atoms with van der Waals surface area (Å²) >= 11 is 7.49. The molecule has 0 aliphatic heterocycles. The van der Waals surface area contributed by atoms with Crippen LogP contribution in [0.2, 0.25) is 0 Å². The average molecular weight is 395 g/mol. The van der Waals surface area contributed by atoms with Crippen LogP contribution in [-0.2, 0) is 0 Å². The molecule has 1 rings (SSSR count). The SMILES string of the molecule is CCN(CC(F)(F)F)C(=O)c1cc(Br)c(Br)s1. The molecule has 0 aliphatic rings. The van der Waals surface area contributed by atoms with E-state index in [-0.39, 0.29) is 11.4 Å². The van der Waals surface area contributed by atoms with E-state index in [9.17, 15) is 18.0 Å². The third kappa shape index (κ3) is 4.26. The molecule has 0 unspecified atom stereocenters. The van der Waals surface area contributed by atoms with Gasteiger partial charge in [0.15, 0.2) is 0 Å². The Hall–Kier alpha value is -0.0800. The summed E-state index contributed by atoms with van der Waals surface area (Å²) in [6.45, 7) is 0.308. The number of nitrogens with zero attached hydrogens (tertiary/aromatic N) is 1. The molecule has 1 heterocycles. The minimum atomic E-state index is -4.38. The van der Waals surface area contributed by atoms with Crippen LogP contribution in [0.25, 0.3) is 0 Å². The lowest BCUT2D eigenvalue weighted by Gasteiger charge is -2.21. The summed E-state index contributed by atoms with van der Waals surface area (Å²) < 4.78 is 38.1. The van der Waals surface area contributed by atoms with Gasteiger partial charge in [0.25, 0.3) is 5.91 Å². The van der Waals surface area contributed by atoms with Crippen molar-refractivity contribution in [1.82, 2.24) is 4.90 Å². The van der Waals surface area contributed by atoms with Crippen LogP contribution in [0.1, 0.15) is 16.6 Å². The van der Waals surface area contributed by atoms with Crippen molar-refractivity contribution in [3.8, 4) is 0 Å². The summed E-state index contributed by atoms with van der Waals surface area (Å²) in [5.41, 5.74) is 0. The van der Waals surface area contributed by atoms with E-state index in [1.807, 2.05) is 0 Å². The molecule has 1 aromatic rings. The van der Waals surface area contributed by atoms with E-state index < -0.39 is 18.6 Å². The number of rotatable bonds is 3. The first kappa shape index (κ1) is 15.0. The van der Waals surface area contributed by atoms with Gasteiger partial charge in [0.1, 0.15) is 6.54 Å². The van der Waals surface area contributed by atoms with Gasteiger partial charge in [-0.15, -0.1) is 11.3 Å². The smallest absolute Gasteiger partial charge is 0.329 e. The molecule has 96 valence electrons. The first-order chi connectivity index (χ1) is 7.74. The minimum absolute atomic E-state index is 0.0193. The van der Waals surface area contributed by atoms with Crippen molar-refractivity contribution in [1.29, 1.82) is 0 Å². The lowest BCUT2D eigenvalue weighted by Crippen LogP contribution is -2.38. The zero-order valence-corrected chi connectivity index (χ0v) is 12.6. The second-order valence-corrected chi connectivity index (χ2v) is 6.39. The highest BCUT2D eigenvalue weighted by Crippen LogP contribution is 2.33. The van der Waals surface area contributed by atoms with Gasteiger partial charge < -0.3 is 4.90 Å². The summed E-state index contributed by atoms with van der Waals surface area (Å²) in [6, 6.07) is 1.51. The van der Waals surface area contributed by atoms with Crippen molar-refractivity contribution < 1.29 is 18.0 Å². The maximum atomic E-state index is 12.2. The molecule has 0 N–H and O–H groups in total. The van der Waals surface area contributed by atoms with Gasteiger partial charge in [-0.1, -0.05) is 0 Å². The molecule has 0 radical (unpaired) electrons. The summed E-state index contributed by atoms with van der Waals surface area (Å²) in [5.74, 6) is -0.610. The van der Waals surface area contributed by atoms with Crippen LogP contribution in [0.5, 0.6) is 0 Å². The van der Waals surface area contributed by atoms with Crippen molar-refractivity contribution in [3.63, 3.8) is 0 Å². The normalized spacial score (nSPS) is 11.6. The Kier molecular flexibility index (Phi) is 5.03. The Labute approximate surface area is 117 Å². The van der Waals surface area contributed by atoms with E-state index in [1.54, 1.807) is 0 Å². The van der Waals surface area contributed by atoms with Gasteiger partial charge in [-0.25, -0.2) is 0 Å². The van der Waals surface area contributed by atoms with Gasteiger partial charge in [-0.05, 0) is 44.8 Å². The summed E-state index contributed by atoms with van der Waals surface area (Å²) in [4.78, 5) is 12.9. The molecule has 1 aromatic heterocycles. The van der Waals surface area contributed by atoms with Crippen LogP contribution < -0.4 is 0 Å². The molecule has 0 spiro atoms. The highest BCUT2D eigenvalue weighted by molar-refractivity contribution is 9.13. The first-order valence-corrected chi connectivity index (χ1v) is 6.95. The Morgan fingerprint density at radius 1 is 1.47 bits per heavy atom. The van der Waals surface area contributed by atoms with Gasteiger partial charge >= 0.3 is 6.18 Å². The number of carbonyl (C=O) groups excluding carboxylic acids is 1. The first-order valence-electron chi connectivity index (χ1n) is 4.55. The van der Waals surface area contributed by atoms with Gasteiger partial charge in [-0.3, -0.25) is 4.79 Å². The molecule has 0 atom stereocenters. The predicted octanol–water partition coefficient (Wildman–Crippen LogP) is 4.30. The topological polar surface area (TPSA) is 20.3 Å². The van der Waals surface area contributed by atoms with E-state index in [4.69, 9.17) is 0 Å². The number of alkyl halides is 3. The standard InChI is InChI=1S/C9H8Br2F3NOS/c1-2-15(4-9(12,13)14)8(16)6-3-5(10)7(11)17-6/h3H,2,4H2,1H3. The van der Waals surface area contributed by atoms with E-state index in [0.717, 1.165) is 16.2 Å². The Balaban J connectivity index is 2.86. The fourth-order valence-corrected chi connectivity index (χ4v) is 3.16. The molecule has 0 bridgehead atoms. The lowest BCUT2D eigenvalue weighted by atomic mass is 10.3. The fourth-order valence-electron chi connectivity index (χ4n) is 1.15. The molecule has 0 aliphatic carbocycles. The number of carbonyl (C=O) groups is 1. The Morgan fingerprint density at radius 3 is 2.41 bits per heavy atom.